The Morgan fingerprint density at radius 1 is 1.18 bits per heavy atom. The molecule has 2 atom stereocenters. The number of nitrogens with two attached hydrogens (primary N) is 2. The zero-order valence-electron chi connectivity index (χ0n) is 18.1. The highest BCUT2D eigenvalue weighted by Gasteiger charge is 2.36. The quantitative estimate of drug-likeness (QED) is 0.322. The maximum atomic E-state index is 13.8. The molecule has 0 spiro atoms. The molecule has 0 fully saturated rings. The number of benzene rings is 1. The van der Waals surface area contributed by atoms with Crippen molar-refractivity contribution in [2.75, 3.05) is 16.6 Å². The van der Waals surface area contributed by atoms with Gasteiger partial charge in [-0.05, 0) is 36.5 Å². The van der Waals surface area contributed by atoms with E-state index in [9.17, 15) is 21.6 Å². The van der Waals surface area contributed by atoms with E-state index in [1.54, 1.807) is 6.92 Å². The molecule has 14 heteroatoms. The van der Waals surface area contributed by atoms with Gasteiger partial charge in [0.15, 0.2) is 0 Å². The third-order valence-electron chi connectivity index (χ3n) is 5.16. The number of sulfonamides is 1. The van der Waals surface area contributed by atoms with Crippen LogP contribution in [0.3, 0.4) is 0 Å². The number of aromatic nitrogens is 3. The van der Waals surface area contributed by atoms with E-state index >= 15 is 0 Å². The Labute approximate surface area is 199 Å². The van der Waals surface area contributed by atoms with Crippen LogP contribution >= 0.6 is 11.5 Å². The predicted octanol–water partition coefficient (Wildman–Crippen LogP) is 2.83. The highest BCUT2D eigenvalue weighted by Crippen LogP contribution is 2.35. The lowest BCUT2D eigenvalue weighted by atomic mass is 9.91. The molecule has 0 saturated heterocycles. The van der Waals surface area contributed by atoms with Gasteiger partial charge in [0, 0.05) is 36.9 Å². The van der Waals surface area contributed by atoms with Gasteiger partial charge in [-0.2, -0.15) is 17.5 Å². The van der Waals surface area contributed by atoms with Crippen LogP contribution in [0.4, 0.5) is 24.1 Å². The topological polar surface area (TPSA) is 149 Å². The molecule has 0 bridgehead atoms. The Morgan fingerprint density at radius 3 is 2.47 bits per heavy atom. The zero-order valence-corrected chi connectivity index (χ0v) is 19.7. The Hall–Kier alpha value is -2.81. The van der Waals surface area contributed by atoms with Gasteiger partial charge in [-0.25, -0.2) is 18.4 Å². The highest BCUT2D eigenvalue weighted by molar-refractivity contribution is 7.93. The van der Waals surface area contributed by atoms with E-state index in [2.05, 4.69) is 24.4 Å². The molecule has 3 aromatic rings. The molecule has 2 heterocycles. The monoisotopic (exact) mass is 515 g/mol. The molecule has 34 heavy (non-hydrogen) atoms. The van der Waals surface area contributed by atoms with Crippen LogP contribution in [0.2, 0.25) is 0 Å². The second-order valence-electron chi connectivity index (χ2n) is 7.59. The van der Waals surface area contributed by atoms with Gasteiger partial charge in [-0.15, -0.1) is 0 Å². The van der Waals surface area contributed by atoms with Gasteiger partial charge in [0.1, 0.15) is 17.0 Å². The first-order chi connectivity index (χ1) is 16.0. The second kappa shape index (κ2) is 10.6. The summed E-state index contributed by atoms with van der Waals surface area (Å²) in [5, 5.41) is 2.63. The van der Waals surface area contributed by atoms with E-state index in [1.807, 2.05) is 24.3 Å². The van der Waals surface area contributed by atoms with Crippen molar-refractivity contribution < 1.29 is 21.6 Å². The largest absolute Gasteiger partial charge is 0.419 e. The molecule has 0 aliphatic carbocycles. The van der Waals surface area contributed by atoms with Crippen LogP contribution in [-0.4, -0.2) is 35.3 Å². The van der Waals surface area contributed by atoms with Crippen LogP contribution in [0, 0.1) is 5.92 Å². The lowest BCUT2D eigenvalue weighted by molar-refractivity contribution is -0.137. The van der Waals surface area contributed by atoms with Crippen LogP contribution < -0.4 is 21.5 Å². The fraction of sp³-hybridized carbons (Fsp3) is 0.350. The first kappa shape index (κ1) is 25.8. The Balaban J connectivity index is 1.84. The number of nitrogens with one attached hydrogen (secondary N) is 2. The summed E-state index contributed by atoms with van der Waals surface area (Å²) in [4.78, 5) is 6.79. The van der Waals surface area contributed by atoms with Crippen molar-refractivity contribution in [2.24, 2.45) is 17.4 Å². The minimum Gasteiger partial charge on any atom is -0.369 e. The summed E-state index contributed by atoms with van der Waals surface area (Å²) >= 11 is 0.748. The summed E-state index contributed by atoms with van der Waals surface area (Å²) in [6.07, 6.45) is -2.38. The minimum absolute atomic E-state index is 0.0757. The van der Waals surface area contributed by atoms with Crippen molar-refractivity contribution >= 4 is 32.5 Å². The summed E-state index contributed by atoms with van der Waals surface area (Å²) in [6, 6.07) is 7.70. The third kappa shape index (κ3) is 6.40. The summed E-state index contributed by atoms with van der Waals surface area (Å²) in [5.41, 5.74) is 12.6. The van der Waals surface area contributed by atoms with Gasteiger partial charge in [0.2, 0.25) is 5.13 Å². The van der Waals surface area contributed by atoms with Crippen molar-refractivity contribution in [1.82, 2.24) is 14.3 Å². The molecule has 0 aliphatic heterocycles. The average molecular weight is 516 g/mol. The van der Waals surface area contributed by atoms with E-state index < -0.39 is 32.5 Å². The fourth-order valence-corrected chi connectivity index (χ4v) is 4.88. The van der Waals surface area contributed by atoms with E-state index in [4.69, 9.17) is 11.5 Å². The lowest BCUT2D eigenvalue weighted by Gasteiger charge is -2.24. The third-order valence-corrected chi connectivity index (χ3v) is 7.17. The molecular weight excluding hydrogens is 491 g/mol. The molecule has 9 nitrogen and oxygen atoms in total. The molecule has 0 unspecified atom stereocenters. The van der Waals surface area contributed by atoms with E-state index in [1.165, 1.54) is 0 Å². The first-order valence-electron chi connectivity index (χ1n) is 10.1. The van der Waals surface area contributed by atoms with Gasteiger partial charge in [-0.1, -0.05) is 24.3 Å². The van der Waals surface area contributed by atoms with Crippen molar-refractivity contribution in [3.63, 3.8) is 0 Å². The van der Waals surface area contributed by atoms with Crippen LogP contribution in [0.1, 0.15) is 23.6 Å². The minimum atomic E-state index is -4.85. The molecule has 0 aliphatic rings. The van der Waals surface area contributed by atoms with Gasteiger partial charge < -0.3 is 16.8 Å². The molecule has 0 saturated carbocycles. The number of hydrogen-bond donors (Lipinski definition) is 4. The fourth-order valence-electron chi connectivity index (χ4n) is 3.25. The number of anilines is 2. The Morgan fingerprint density at radius 2 is 1.88 bits per heavy atom. The van der Waals surface area contributed by atoms with Crippen molar-refractivity contribution in [3.8, 4) is 0 Å². The van der Waals surface area contributed by atoms with Crippen LogP contribution in [0.5, 0.6) is 0 Å². The average Bonchev–Trinajstić information content (AvgIpc) is 3.28. The number of rotatable bonds is 10. The molecule has 2 aromatic heterocycles. The SMILES string of the molecule is C[C@@H](N)[C@H](CNc1ncc(S(=O)(=O)Nc2ncns2)cc1C(F)(F)F)Cc1ccccc1CN. The molecule has 184 valence electrons. The number of hydrogen-bond acceptors (Lipinski definition) is 9. The van der Waals surface area contributed by atoms with Gasteiger partial charge >= 0.3 is 6.18 Å². The van der Waals surface area contributed by atoms with Crippen LogP contribution in [0.25, 0.3) is 0 Å². The lowest BCUT2D eigenvalue weighted by Crippen LogP contribution is -2.34. The van der Waals surface area contributed by atoms with Crippen molar-refractivity contribution in [1.29, 1.82) is 0 Å². The smallest absolute Gasteiger partial charge is 0.369 e. The molecule has 0 amide bonds. The van der Waals surface area contributed by atoms with Crippen molar-refractivity contribution in [3.05, 3.63) is 59.5 Å². The van der Waals surface area contributed by atoms with Crippen LogP contribution in [-0.2, 0) is 29.2 Å². The second-order valence-corrected chi connectivity index (χ2v) is 10.1. The summed E-state index contributed by atoms with van der Waals surface area (Å²) in [6.45, 7) is 2.18. The maximum Gasteiger partial charge on any atom is 0.419 e. The Bertz CT molecular complexity index is 1200. The van der Waals surface area contributed by atoms with Gasteiger partial charge in [-0.3, -0.25) is 4.72 Å². The first-order valence-corrected chi connectivity index (χ1v) is 12.4. The zero-order chi connectivity index (χ0) is 24.9. The summed E-state index contributed by atoms with van der Waals surface area (Å²) < 4.78 is 72.0. The van der Waals surface area contributed by atoms with Crippen LogP contribution in [0.15, 0.2) is 47.8 Å². The van der Waals surface area contributed by atoms with Crippen molar-refractivity contribution in [2.45, 2.75) is 37.0 Å². The molecule has 0 radical (unpaired) electrons. The standard InChI is InChI=1S/C20H24F3N7O2S2/c1-12(25)15(6-13-4-2-3-5-14(13)8-24)9-26-18-17(20(21,22)23)7-16(10-27-18)34(31,32)30-19-28-11-29-33-19/h2-5,7,10-12,15H,6,8-9,24-25H2,1H3,(H,26,27)(H,28,29,30)/t12-,15+/m1/s1. The predicted molar refractivity (Wildman–Crippen MR) is 124 cm³/mol. The van der Waals surface area contributed by atoms with E-state index in [0.717, 1.165) is 35.2 Å². The maximum absolute atomic E-state index is 13.8. The molecule has 1 aromatic carbocycles. The van der Waals surface area contributed by atoms with E-state index in [-0.39, 0.29) is 23.6 Å². The summed E-state index contributed by atoms with van der Waals surface area (Å²) in [7, 11) is -4.34. The molecule has 3 rings (SSSR count). The number of pyridine rings is 1. The van der Waals surface area contributed by atoms with Gasteiger partial charge in [0.25, 0.3) is 10.0 Å². The van der Waals surface area contributed by atoms with E-state index in [0.29, 0.717) is 19.0 Å². The number of nitrogens with zero attached hydrogens (tertiary/aromatic N) is 3. The molecule has 6 N–H and O–H groups in total. The molecular formula is C20H24F3N7O2S2. The van der Waals surface area contributed by atoms with Gasteiger partial charge in [0.05, 0.1) is 5.56 Å². The summed E-state index contributed by atoms with van der Waals surface area (Å²) in [5.74, 6) is -0.724. The highest BCUT2D eigenvalue weighted by atomic mass is 32.2. The number of halogens is 3. The number of alkyl halides is 3. The normalized spacial score (nSPS) is 13.9. The Kier molecular flexibility index (Phi) is 8.07.